The molecule has 0 unspecified atom stereocenters. The van der Waals surface area contributed by atoms with Gasteiger partial charge in [0.2, 0.25) is 0 Å². The molecule has 0 saturated carbocycles. The number of benzene rings is 1. The molecule has 1 aliphatic rings. The number of carbonyl (C=O) groups is 1. The molecule has 3 rings (SSSR count). The van der Waals surface area contributed by atoms with Gasteiger partial charge in [0, 0.05) is 13.1 Å². The Morgan fingerprint density at radius 3 is 2.42 bits per heavy atom. The van der Waals surface area contributed by atoms with Crippen LogP contribution in [0.25, 0.3) is 0 Å². The first-order valence-corrected chi connectivity index (χ1v) is 8.18. The number of tetrazole rings is 1. The Labute approximate surface area is 141 Å². The molecule has 0 spiro atoms. The van der Waals surface area contributed by atoms with Crippen LogP contribution in [0.2, 0.25) is 0 Å². The van der Waals surface area contributed by atoms with Crippen molar-refractivity contribution in [3.63, 3.8) is 0 Å². The first kappa shape index (κ1) is 16.4. The minimum absolute atomic E-state index is 0.264. The molecule has 7 heteroatoms. The molecule has 1 saturated heterocycles. The number of ether oxygens (including phenoxy) is 1. The second-order valence-corrected chi connectivity index (χ2v) is 7.17. The van der Waals surface area contributed by atoms with Crippen LogP contribution in [0.1, 0.15) is 45.0 Å². The van der Waals surface area contributed by atoms with Crippen LogP contribution in [0.4, 0.5) is 4.79 Å². The number of rotatable bonds is 2. The number of carbonyl (C=O) groups excluding carboxylic acids is 1. The van der Waals surface area contributed by atoms with Crippen LogP contribution < -0.4 is 0 Å². The van der Waals surface area contributed by atoms with Crippen LogP contribution in [0.15, 0.2) is 30.3 Å². The zero-order chi connectivity index (χ0) is 17.2. The van der Waals surface area contributed by atoms with Gasteiger partial charge in [0.25, 0.3) is 0 Å². The summed E-state index contributed by atoms with van der Waals surface area (Å²) in [6.45, 7) is 6.84. The van der Waals surface area contributed by atoms with Gasteiger partial charge in [0.05, 0.1) is 5.41 Å². The SMILES string of the molecule is CC(C)(C)OC(=O)N1CCC(c2ccccc2)(c2nnn[nH]2)CC1. The minimum Gasteiger partial charge on any atom is -0.444 e. The topological polar surface area (TPSA) is 84.0 Å². The van der Waals surface area contributed by atoms with Gasteiger partial charge in [-0.05, 0) is 49.6 Å². The summed E-state index contributed by atoms with van der Waals surface area (Å²) in [4.78, 5) is 14.1. The molecule has 2 heterocycles. The summed E-state index contributed by atoms with van der Waals surface area (Å²) in [6, 6.07) is 10.2. The highest BCUT2D eigenvalue weighted by Crippen LogP contribution is 2.39. The number of hydrogen-bond acceptors (Lipinski definition) is 5. The lowest BCUT2D eigenvalue weighted by atomic mass is 9.72. The maximum Gasteiger partial charge on any atom is 0.410 e. The molecule has 24 heavy (non-hydrogen) atoms. The normalized spacial score (nSPS) is 17.5. The fraction of sp³-hybridized carbons (Fsp3) is 0.529. The zero-order valence-electron chi connectivity index (χ0n) is 14.3. The summed E-state index contributed by atoms with van der Waals surface area (Å²) in [7, 11) is 0. The van der Waals surface area contributed by atoms with E-state index in [1.165, 1.54) is 0 Å². The van der Waals surface area contributed by atoms with Gasteiger partial charge < -0.3 is 9.64 Å². The smallest absolute Gasteiger partial charge is 0.410 e. The summed E-state index contributed by atoms with van der Waals surface area (Å²) in [6.07, 6.45) is 1.22. The highest BCUT2D eigenvalue weighted by Gasteiger charge is 2.42. The van der Waals surface area contributed by atoms with E-state index in [9.17, 15) is 4.79 Å². The van der Waals surface area contributed by atoms with Gasteiger partial charge in [-0.15, -0.1) is 5.10 Å². The molecule has 1 amide bonds. The molecule has 1 fully saturated rings. The fourth-order valence-electron chi connectivity index (χ4n) is 3.18. The van der Waals surface area contributed by atoms with E-state index >= 15 is 0 Å². The maximum absolute atomic E-state index is 12.3. The number of hydrogen-bond donors (Lipinski definition) is 1. The van der Waals surface area contributed by atoms with E-state index in [2.05, 4.69) is 32.8 Å². The lowest BCUT2D eigenvalue weighted by Crippen LogP contribution is -2.47. The number of aromatic nitrogens is 4. The Kier molecular flexibility index (Phi) is 4.26. The molecule has 128 valence electrons. The van der Waals surface area contributed by atoms with E-state index in [4.69, 9.17) is 4.74 Å². The minimum atomic E-state index is -0.486. The molecule has 1 aliphatic heterocycles. The summed E-state index contributed by atoms with van der Waals surface area (Å²) >= 11 is 0. The van der Waals surface area contributed by atoms with E-state index in [1.54, 1.807) is 4.90 Å². The number of likely N-dealkylation sites (tertiary alicyclic amines) is 1. The largest absolute Gasteiger partial charge is 0.444 e. The Bertz CT molecular complexity index is 671. The third-order valence-corrected chi connectivity index (χ3v) is 4.39. The van der Waals surface area contributed by atoms with E-state index in [-0.39, 0.29) is 11.5 Å². The van der Waals surface area contributed by atoms with Crippen molar-refractivity contribution in [1.29, 1.82) is 0 Å². The first-order chi connectivity index (χ1) is 11.4. The number of H-pyrrole nitrogens is 1. The Balaban J connectivity index is 1.81. The summed E-state index contributed by atoms with van der Waals surface area (Å²) < 4.78 is 5.48. The van der Waals surface area contributed by atoms with Crippen molar-refractivity contribution < 1.29 is 9.53 Å². The van der Waals surface area contributed by atoms with E-state index in [0.29, 0.717) is 13.1 Å². The average Bonchev–Trinajstić information content (AvgIpc) is 3.09. The van der Waals surface area contributed by atoms with Gasteiger partial charge in [-0.2, -0.15) is 0 Å². The Morgan fingerprint density at radius 2 is 1.88 bits per heavy atom. The Hall–Kier alpha value is -2.44. The van der Waals surface area contributed by atoms with Crippen molar-refractivity contribution >= 4 is 6.09 Å². The average molecular weight is 329 g/mol. The number of nitrogens with one attached hydrogen (secondary N) is 1. The number of amides is 1. The molecule has 0 aliphatic carbocycles. The van der Waals surface area contributed by atoms with Gasteiger partial charge in [0.1, 0.15) is 5.60 Å². The quantitative estimate of drug-likeness (QED) is 0.915. The maximum atomic E-state index is 12.3. The summed E-state index contributed by atoms with van der Waals surface area (Å²) in [5, 5.41) is 14.6. The Morgan fingerprint density at radius 1 is 1.21 bits per heavy atom. The molecule has 7 nitrogen and oxygen atoms in total. The number of nitrogens with zero attached hydrogens (tertiary/aromatic N) is 4. The van der Waals surface area contributed by atoms with Crippen LogP contribution in [0.5, 0.6) is 0 Å². The van der Waals surface area contributed by atoms with Gasteiger partial charge in [-0.25, -0.2) is 9.89 Å². The lowest BCUT2D eigenvalue weighted by Gasteiger charge is -2.40. The van der Waals surface area contributed by atoms with Crippen molar-refractivity contribution in [3.8, 4) is 0 Å². The second-order valence-electron chi connectivity index (χ2n) is 7.17. The molecule has 1 aromatic carbocycles. The van der Waals surface area contributed by atoms with E-state index in [0.717, 1.165) is 24.2 Å². The molecular formula is C17H23N5O2. The number of aromatic amines is 1. The van der Waals surface area contributed by atoms with Gasteiger partial charge in [-0.1, -0.05) is 30.3 Å². The molecule has 1 aromatic heterocycles. The van der Waals surface area contributed by atoms with Gasteiger partial charge in [0.15, 0.2) is 5.82 Å². The van der Waals surface area contributed by atoms with Gasteiger partial charge >= 0.3 is 6.09 Å². The summed E-state index contributed by atoms with van der Waals surface area (Å²) in [5.41, 5.74) is 0.371. The lowest BCUT2D eigenvalue weighted by molar-refractivity contribution is 0.0177. The highest BCUT2D eigenvalue weighted by molar-refractivity contribution is 5.68. The van der Waals surface area contributed by atoms with Crippen molar-refractivity contribution in [2.24, 2.45) is 0 Å². The predicted molar refractivity (Wildman–Crippen MR) is 88.4 cm³/mol. The van der Waals surface area contributed by atoms with E-state index in [1.807, 2.05) is 39.0 Å². The third-order valence-electron chi connectivity index (χ3n) is 4.39. The fourth-order valence-corrected chi connectivity index (χ4v) is 3.18. The molecule has 0 radical (unpaired) electrons. The van der Waals surface area contributed by atoms with Crippen LogP contribution in [-0.4, -0.2) is 50.3 Å². The monoisotopic (exact) mass is 329 g/mol. The third kappa shape index (κ3) is 3.25. The van der Waals surface area contributed by atoms with Crippen molar-refractivity contribution in [1.82, 2.24) is 25.5 Å². The standard InChI is InChI=1S/C17H23N5O2/c1-16(2,3)24-15(23)22-11-9-17(10-12-22,14-18-20-21-19-14)13-7-5-4-6-8-13/h4-8H,9-12H2,1-3H3,(H,18,19,20,21). The number of piperidine rings is 1. The van der Waals surface area contributed by atoms with E-state index < -0.39 is 5.60 Å². The first-order valence-electron chi connectivity index (χ1n) is 8.18. The van der Waals surface area contributed by atoms with Crippen molar-refractivity contribution in [3.05, 3.63) is 41.7 Å². The molecule has 2 aromatic rings. The molecule has 1 N–H and O–H groups in total. The van der Waals surface area contributed by atoms with Crippen LogP contribution in [0.3, 0.4) is 0 Å². The van der Waals surface area contributed by atoms with Gasteiger partial charge in [-0.3, -0.25) is 0 Å². The molecule has 0 bridgehead atoms. The zero-order valence-corrected chi connectivity index (χ0v) is 14.3. The second kappa shape index (κ2) is 6.22. The molecule has 0 atom stereocenters. The highest BCUT2D eigenvalue weighted by atomic mass is 16.6. The predicted octanol–water partition coefficient (Wildman–Crippen LogP) is 2.52. The van der Waals surface area contributed by atoms with Crippen molar-refractivity contribution in [2.45, 2.75) is 44.6 Å². The van der Waals surface area contributed by atoms with Crippen LogP contribution in [0, 0.1) is 0 Å². The van der Waals surface area contributed by atoms with Crippen LogP contribution in [-0.2, 0) is 10.2 Å². The van der Waals surface area contributed by atoms with Crippen molar-refractivity contribution in [2.75, 3.05) is 13.1 Å². The summed E-state index contributed by atoms with van der Waals surface area (Å²) in [5.74, 6) is 0.748. The van der Waals surface area contributed by atoms with Crippen LogP contribution >= 0.6 is 0 Å². The molecular weight excluding hydrogens is 306 g/mol.